The molecule has 4 rings (SSSR count). The predicted octanol–water partition coefficient (Wildman–Crippen LogP) is 4.83. The van der Waals surface area contributed by atoms with E-state index in [1.807, 2.05) is 13.8 Å². The Morgan fingerprint density at radius 3 is 2.41 bits per heavy atom. The largest absolute Gasteiger partial charge is 0.356 e. The lowest BCUT2D eigenvalue weighted by atomic mass is 9.83. The van der Waals surface area contributed by atoms with Crippen LogP contribution in [0, 0.1) is 12.8 Å². The first-order valence-electron chi connectivity index (χ1n) is 12.6. The number of nitrogens with one attached hydrogen (secondary N) is 2. The Morgan fingerprint density at radius 1 is 1.13 bits per heavy atom. The summed E-state index contributed by atoms with van der Waals surface area (Å²) in [6.07, 6.45) is -0.771. The fourth-order valence-corrected chi connectivity index (χ4v) is 4.84. The maximum Gasteiger partial charge on any atom is 0.325 e. The number of H-pyrrole nitrogens is 2. The maximum atomic E-state index is 14.4. The summed E-state index contributed by atoms with van der Waals surface area (Å²) in [6.45, 7) is 7.46. The molecule has 0 aromatic carbocycles. The minimum Gasteiger partial charge on any atom is -0.356 e. The molecule has 8 nitrogen and oxygen atoms in total. The van der Waals surface area contributed by atoms with E-state index in [-0.39, 0.29) is 37.2 Å². The van der Waals surface area contributed by atoms with Gasteiger partial charge >= 0.3 is 5.69 Å². The van der Waals surface area contributed by atoms with Crippen LogP contribution in [0.1, 0.15) is 56.4 Å². The third-order valence-corrected chi connectivity index (χ3v) is 7.33. The molecular formula is C26H31F4N6O2P. The van der Waals surface area contributed by atoms with Gasteiger partial charge in [-0.2, -0.15) is 5.10 Å². The highest BCUT2D eigenvalue weighted by molar-refractivity contribution is 7.22. The summed E-state index contributed by atoms with van der Waals surface area (Å²) in [6, 6.07) is 4.57. The number of aromatic amines is 2. The molecule has 1 aliphatic heterocycles. The van der Waals surface area contributed by atoms with Crippen molar-refractivity contribution in [2.45, 2.75) is 58.8 Å². The van der Waals surface area contributed by atoms with Crippen molar-refractivity contribution < 1.29 is 17.6 Å². The van der Waals surface area contributed by atoms with Crippen LogP contribution in [0.4, 0.5) is 23.4 Å². The smallest absolute Gasteiger partial charge is 0.325 e. The van der Waals surface area contributed by atoms with Crippen LogP contribution in [0.2, 0.25) is 0 Å². The average molecular weight is 567 g/mol. The molecule has 13 heteroatoms. The van der Waals surface area contributed by atoms with Gasteiger partial charge < -0.3 is 9.88 Å². The van der Waals surface area contributed by atoms with Crippen LogP contribution in [0.15, 0.2) is 40.2 Å². The number of aryl methyl sites for hydroxylation is 1. The second-order valence-corrected chi connectivity index (χ2v) is 9.61. The van der Waals surface area contributed by atoms with Crippen molar-refractivity contribution in [3.05, 3.63) is 68.3 Å². The Labute approximate surface area is 225 Å². The quantitative estimate of drug-likeness (QED) is 0.313. The van der Waals surface area contributed by atoms with E-state index in [1.54, 1.807) is 24.8 Å². The fourth-order valence-electron chi connectivity index (χ4n) is 4.41. The summed E-state index contributed by atoms with van der Waals surface area (Å²) in [5.41, 5.74) is 0.112. The molecule has 1 aliphatic rings. The van der Waals surface area contributed by atoms with E-state index in [0.717, 1.165) is 0 Å². The number of halogens is 4. The Bertz CT molecular complexity index is 1420. The van der Waals surface area contributed by atoms with E-state index < -0.39 is 35.4 Å². The van der Waals surface area contributed by atoms with Crippen molar-refractivity contribution in [1.82, 2.24) is 25.1 Å². The first kappa shape index (κ1) is 30.1. The maximum absolute atomic E-state index is 14.4. The predicted molar refractivity (Wildman–Crippen MR) is 146 cm³/mol. The number of pyridine rings is 1. The summed E-state index contributed by atoms with van der Waals surface area (Å²) in [7, 11) is 3.54. The lowest BCUT2D eigenvalue weighted by molar-refractivity contribution is -0.0221. The minimum atomic E-state index is -2.75. The lowest BCUT2D eigenvalue weighted by Gasteiger charge is -2.33. The normalized spacial score (nSPS) is 16.3. The van der Waals surface area contributed by atoms with Crippen LogP contribution in [-0.2, 0) is 0 Å². The van der Waals surface area contributed by atoms with E-state index in [2.05, 4.69) is 34.0 Å². The molecule has 1 saturated heterocycles. The molecule has 1 fully saturated rings. The number of aromatic nitrogens is 5. The number of alkyl halides is 4. The summed E-state index contributed by atoms with van der Waals surface area (Å²) in [4.78, 5) is 33.9. The summed E-state index contributed by atoms with van der Waals surface area (Å²) in [5, 5.41) is 8.50. The molecule has 3 aromatic rings. The Hall–Kier alpha value is -3.40. The van der Waals surface area contributed by atoms with Gasteiger partial charge in [0, 0.05) is 43.9 Å². The number of hydrogen-bond acceptors (Lipinski definition) is 6. The zero-order chi connectivity index (χ0) is 28.9. The Morgan fingerprint density at radius 2 is 1.79 bits per heavy atom. The van der Waals surface area contributed by atoms with Gasteiger partial charge in [-0.15, -0.1) is 14.0 Å². The van der Waals surface area contributed by atoms with Gasteiger partial charge in [0.05, 0.1) is 17.2 Å². The second-order valence-electron chi connectivity index (χ2n) is 9.07. The second kappa shape index (κ2) is 12.6. The fraction of sp³-hybridized carbons (Fsp3) is 0.462. The molecule has 2 N–H and O–H groups in total. The first-order valence-corrected chi connectivity index (χ1v) is 13.1. The molecule has 39 heavy (non-hydrogen) atoms. The van der Waals surface area contributed by atoms with Crippen molar-refractivity contribution in [3.8, 4) is 11.3 Å². The molecule has 210 valence electrons. The van der Waals surface area contributed by atoms with Crippen molar-refractivity contribution in [2.24, 2.45) is 5.92 Å². The molecule has 0 saturated carbocycles. The van der Waals surface area contributed by atoms with Crippen molar-refractivity contribution in [1.29, 1.82) is 0 Å². The van der Waals surface area contributed by atoms with Crippen LogP contribution in [0.25, 0.3) is 11.3 Å². The average Bonchev–Trinajstić information content (AvgIpc) is 2.90. The van der Waals surface area contributed by atoms with Crippen molar-refractivity contribution in [3.63, 3.8) is 0 Å². The van der Waals surface area contributed by atoms with Gasteiger partial charge in [-0.1, -0.05) is 20.8 Å². The van der Waals surface area contributed by atoms with Gasteiger partial charge in [0.1, 0.15) is 11.5 Å². The molecule has 4 heterocycles. The minimum absolute atomic E-state index is 0.0664. The zero-order valence-electron chi connectivity index (χ0n) is 22.1. The number of nitrogens with zero attached hydrogens (tertiary/aromatic N) is 4. The monoisotopic (exact) mass is 566 g/mol. The van der Waals surface area contributed by atoms with Gasteiger partial charge in [0.25, 0.3) is 11.5 Å². The molecule has 0 aliphatic carbocycles. The topological polar surface area (TPSA) is 108 Å². The van der Waals surface area contributed by atoms with E-state index in [9.17, 15) is 27.2 Å². The van der Waals surface area contributed by atoms with Crippen LogP contribution in [-0.4, -0.2) is 55.9 Å². The standard InChI is InChI=1S/C24H25F4N6O2P.C2H6/c1-12(20(37)15-10-17(33-32-13(15)2)16-11-30-23(36)31-22(16)35)19(21(25)26)14-3-6-29-18(9-14)34-7-4-24(27,28)5-8-34;1-2/h3,6,9-12,19,21,37H,4-5,7-8H2,1-2H3,(H2,30,31,35,36);1-2H3. The summed E-state index contributed by atoms with van der Waals surface area (Å²) < 4.78 is 56.0. The Balaban J connectivity index is 0.00000205. The molecule has 2 atom stereocenters. The van der Waals surface area contributed by atoms with Gasteiger partial charge in [-0.3, -0.25) is 9.78 Å². The van der Waals surface area contributed by atoms with Gasteiger partial charge in [0.2, 0.25) is 6.43 Å². The third-order valence-electron chi connectivity index (χ3n) is 6.60. The van der Waals surface area contributed by atoms with E-state index in [0.29, 0.717) is 27.9 Å². The van der Waals surface area contributed by atoms with Crippen molar-refractivity contribution in [2.75, 3.05) is 18.0 Å². The molecule has 0 bridgehead atoms. The summed E-state index contributed by atoms with van der Waals surface area (Å²) >= 11 is 0. The number of hydrogen-bond donors (Lipinski definition) is 2. The highest BCUT2D eigenvalue weighted by Gasteiger charge is 2.36. The van der Waals surface area contributed by atoms with E-state index in [4.69, 9.17) is 0 Å². The molecule has 3 aromatic heterocycles. The van der Waals surface area contributed by atoms with Crippen molar-refractivity contribution >= 4 is 20.0 Å². The highest BCUT2D eigenvalue weighted by atomic mass is 31.0. The van der Waals surface area contributed by atoms with E-state index >= 15 is 0 Å². The van der Waals surface area contributed by atoms with Crippen LogP contribution >= 0.6 is 8.86 Å². The number of rotatable bonds is 7. The number of anilines is 1. The molecular weight excluding hydrogens is 535 g/mol. The summed E-state index contributed by atoms with van der Waals surface area (Å²) in [5.74, 6) is -4.36. The highest BCUT2D eigenvalue weighted by Crippen LogP contribution is 2.37. The van der Waals surface area contributed by atoms with Crippen LogP contribution in [0.3, 0.4) is 0 Å². The lowest BCUT2D eigenvalue weighted by Crippen LogP contribution is -2.39. The third kappa shape index (κ3) is 6.98. The SMILES string of the molecule is CC.Cc1nnc(-c2c[nH]c(=O)[nH]c2=O)cc1C(=P)C(C)C(c1ccnc(N2CCC(F)(F)CC2)c1)C(F)F. The van der Waals surface area contributed by atoms with Crippen LogP contribution < -0.4 is 16.1 Å². The molecule has 0 spiro atoms. The Kier molecular flexibility index (Phi) is 9.77. The molecule has 0 amide bonds. The first-order chi connectivity index (χ1) is 18.5. The van der Waals surface area contributed by atoms with Gasteiger partial charge in [0.15, 0.2) is 0 Å². The van der Waals surface area contributed by atoms with Gasteiger partial charge in [-0.25, -0.2) is 27.3 Å². The number of piperidine rings is 1. The molecule has 2 unspecified atom stereocenters. The van der Waals surface area contributed by atoms with E-state index in [1.165, 1.54) is 24.5 Å². The van der Waals surface area contributed by atoms with Gasteiger partial charge in [-0.05, 0) is 41.9 Å². The zero-order valence-corrected chi connectivity index (χ0v) is 23.1. The van der Waals surface area contributed by atoms with Crippen LogP contribution in [0.5, 0.6) is 0 Å². The molecule has 0 radical (unpaired) electrons.